The molecule has 5 nitrogen and oxygen atoms in total. The molecule has 0 aliphatic carbocycles. The van der Waals surface area contributed by atoms with Crippen LogP contribution in [0.2, 0.25) is 0 Å². The average Bonchev–Trinajstić information content (AvgIpc) is 2.65. The molecule has 0 amide bonds. The van der Waals surface area contributed by atoms with Crippen LogP contribution >= 0.6 is 0 Å². The van der Waals surface area contributed by atoms with Crippen LogP contribution in [0.3, 0.4) is 0 Å². The maximum Gasteiger partial charge on any atom is 0.161 e. The summed E-state index contributed by atoms with van der Waals surface area (Å²) in [5.74, 6) is 0.545. The fraction of sp³-hybridized carbons (Fsp3) is 0.0909. The summed E-state index contributed by atoms with van der Waals surface area (Å²) in [7, 11) is 1.48. The Morgan fingerprint density at radius 2 is 1.52 bits per heavy atom. The predicted octanol–water partition coefficient (Wildman–Crippen LogP) is 4.28. The fourth-order valence-electron chi connectivity index (χ4n) is 2.81. The number of benzene rings is 3. The molecular formula is C22H20O5. The quantitative estimate of drug-likeness (QED) is 0.508. The third-order valence-electron chi connectivity index (χ3n) is 4.22. The predicted molar refractivity (Wildman–Crippen MR) is 104 cm³/mol. The lowest BCUT2D eigenvalue weighted by atomic mass is 9.97. The first-order chi connectivity index (χ1) is 13.0. The molecule has 0 aliphatic heterocycles. The third kappa shape index (κ3) is 4.33. The van der Waals surface area contributed by atoms with Crippen molar-refractivity contribution in [3.63, 3.8) is 0 Å². The van der Waals surface area contributed by atoms with Gasteiger partial charge in [0.2, 0.25) is 0 Å². The number of phenols is 4. The summed E-state index contributed by atoms with van der Waals surface area (Å²) in [4.78, 5) is 0. The van der Waals surface area contributed by atoms with Crippen molar-refractivity contribution in [2.45, 2.75) is 6.42 Å². The molecule has 138 valence electrons. The minimum Gasteiger partial charge on any atom is -0.508 e. The molecule has 0 bridgehead atoms. The Balaban J connectivity index is 1.95. The molecule has 0 spiro atoms. The van der Waals surface area contributed by atoms with E-state index < -0.39 is 0 Å². The summed E-state index contributed by atoms with van der Waals surface area (Å²) >= 11 is 0. The SMILES string of the molecule is COc1cc(C=Cc2cc(O)cc(O)c2Cc2ccc(O)cc2)ccc1O. The molecule has 3 aromatic carbocycles. The van der Waals surface area contributed by atoms with Crippen LogP contribution in [0.25, 0.3) is 12.2 Å². The molecule has 0 saturated carbocycles. The lowest BCUT2D eigenvalue weighted by Crippen LogP contribution is -1.93. The monoisotopic (exact) mass is 364 g/mol. The van der Waals surface area contributed by atoms with Crippen LogP contribution < -0.4 is 4.74 Å². The zero-order valence-electron chi connectivity index (χ0n) is 14.8. The van der Waals surface area contributed by atoms with Gasteiger partial charge < -0.3 is 25.2 Å². The largest absolute Gasteiger partial charge is 0.508 e. The highest BCUT2D eigenvalue weighted by Gasteiger charge is 2.10. The topological polar surface area (TPSA) is 90.2 Å². The molecule has 0 aliphatic rings. The number of hydrogen-bond acceptors (Lipinski definition) is 5. The van der Waals surface area contributed by atoms with Crippen LogP contribution in [0, 0.1) is 0 Å². The summed E-state index contributed by atoms with van der Waals surface area (Å²) in [6.07, 6.45) is 4.02. The Hall–Kier alpha value is -3.60. The van der Waals surface area contributed by atoms with E-state index in [1.54, 1.807) is 54.6 Å². The van der Waals surface area contributed by atoms with E-state index in [1.165, 1.54) is 19.2 Å². The van der Waals surface area contributed by atoms with Crippen LogP contribution in [0.4, 0.5) is 0 Å². The Morgan fingerprint density at radius 1 is 0.778 bits per heavy atom. The third-order valence-corrected chi connectivity index (χ3v) is 4.22. The molecular weight excluding hydrogens is 344 g/mol. The van der Waals surface area contributed by atoms with Crippen LogP contribution in [-0.4, -0.2) is 27.5 Å². The van der Waals surface area contributed by atoms with E-state index in [-0.39, 0.29) is 23.0 Å². The lowest BCUT2D eigenvalue weighted by Gasteiger charge is -2.10. The maximum absolute atomic E-state index is 10.3. The van der Waals surface area contributed by atoms with Crippen molar-refractivity contribution in [1.29, 1.82) is 0 Å². The zero-order valence-corrected chi connectivity index (χ0v) is 14.8. The van der Waals surface area contributed by atoms with Gasteiger partial charge in [0.05, 0.1) is 7.11 Å². The van der Waals surface area contributed by atoms with E-state index in [1.807, 2.05) is 0 Å². The van der Waals surface area contributed by atoms with E-state index in [9.17, 15) is 20.4 Å². The van der Waals surface area contributed by atoms with Gasteiger partial charge in [-0.2, -0.15) is 0 Å². The van der Waals surface area contributed by atoms with E-state index in [0.717, 1.165) is 11.1 Å². The number of phenolic OH excluding ortho intramolecular Hbond substituents is 4. The fourth-order valence-corrected chi connectivity index (χ4v) is 2.81. The minimum atomic E-state index is -0.0371. The van der Waals surface area contributed by atoms with Crippen molar-refractivity contribution < 1.29 is 25.2 Å². The summed E-state index contributed by atoms with van der Waals surface area (Å²) in [5, 5.41) is 39.3. The number of ether oxygens (including phenoxy) is 1. The van der Waals surface area contributed by atoms with Gasteiger partial charge in [0.25, 0.3) is 0 Å². The van der Waals surface area contributed by atoms with Gasteiger partial charge in [-0.15, -0.1) is 0 Å². The van der Waals surface area contributed by atoms with Crippen molar-refractivity contribution in [2.75, 3.05) is 7.11 Å². The van der Waals surface area contributed by atoms with Crippen LogP contribution in [-0.2, 0) is 6.42 Å². The Morgan fingerprint density at radius 3 is 2.22 bits per heavy atom. The number of rotatable bonds is 5. The molecule has 0 heterocycles. The summed E-state index contributed by atoms with van der Waals surface area (Å²) in [6, 6.07) is 14.6. The van der Waals surface area contributed by atoms with Gasteiger partial charge in [-0.25, -0.2) is 0 Å². The molecule has 4 N–H and O–H groups in total. The zero-order chi connectivity index (χ0) is 19.4. The lowest BCUT2D eigenvalue weighted by molar-refractivity contribution is 0.373. The maximum atomic E-state index is 10.3. The van der Waals surface area contributed by atoms with Crippen LogP contribution in [0.1, 0.15) is 22.3 Å². The van der Waals surface area contributed by atoms with Gasteiger partial charge >= 0.3 is 0 Å². The molecule has 0 atom stereocenters. The van der Waals surface area contributed by atoms with Crippen molar-refractivity contribution in [3.8, 4) is 28.7 Å². The van der Waals surface area contributed by atoms with Crippen molar-refractivity contribution in [2.24, 2.45) is 0 Å². The highest BCUT2D eigenvalue weighted by atomic mass is 16.5. The standard InChI is InChI=1S/C22H20O5/c1-27-22-11-15(5-9-20(22)25)2-6-16-12-18(24)13-21(26)19(16)10-14-3-7-17(23)8-4-14/h2-9,11-13,23-26H,10H2,1H3. The Labute approximate surface area is 157 Å². The van der Waals surface area contributed by atoms with Gasteiger partial charge in [0.1, 0.15) is 17.2 Å². The van der Waals surface area contributed by atoms with E-state index >= 15 is 0 Å². The Bertz CT molecular complexity index is 975. The molecule has 3 rings (SSSR count). The van der Waals surface area contributed by atoms with Gasteiger partial charge in [0.15, 0.2) is 11.5 Å². The van der Waals surface area contributed by atoms with Crippen molar-refractivity contribution in [3.05, 3.63) is 76.9 Å². The first-order valence-corrected chi connectivity index (χ1v) is 8.34. The molecule has 0 radical (unpaired) electrons. The molecule has 5 heteroatoms. The average molecular weight is 364 g/mol. The number of aromatic hydroxyl groups is 4. The summed E-state index contributed by atoms with van der Waals surface area (Å²) < 4.78 is 5.10. The van der Waals surface area contributed by atoms with E-state index in [0.29, 0.717) is 23.3 Å². The second-order valence-electron chi connectivity index (χ2n) is 6.14. The van der Waals surface area contributed by atoms with Gasteiger partial charge in [0, 0.05) is 18.1 Å². The normalized spacial score (nSPS) is 11.0. The molecule has 0 unspecified atom stereocenters. The molecule has 27 heavy (non-hydrogen) atoms. The highest BCUT2D eigenvalue weighted by molar-refractivity contribution is 5.74. The summed E-state index contributed by atoms with van der Waals surface area (Å²) in [5.41, 5.74) is 3.02. The second-order valence-corrected chi connectivity index (χ2v) is 6.14. The highest BCUT2D eigenvalue weighted by Crippen LogP contribution is 2.32. The van der Waals surface area contributed by atoms with E-state index in [4.69, 9.17) is 4.74 Å². The van der Waals surface area contributed by atoms with Gasteiger partial charge in [-0.3, -0.25) is 0 Å². The molecule has 0 fully saturated rings. The van der Waals surface area contributed by atoms with Crippen LogP contribution in [0.5, 0.6) is 28.7 Å². The van der Waals surface area contributed by atoms with E-state index in [2.05, 4.69) is 0 Å². The first kappa shape index (κ1) is 18.2. The summed E-state index contributed by atoms with van der Waals surface area (Å²) in [6.45, 7) is 0. The van der Waals surface area contributed by atoms with Gasteiger partial charge in [-0.1, -0.05) is 30.4 Å². The second kappa shape index (κ2) is 7.74. The minimum absolute atomic E-state index is 0.00832. The molecule has 0 aromatic heterocycles. The Kier molecular flexibility index (Phi) is 5.22. The van der Waals surface area contributed by atoms with Gasteiger partial charge in [-0.05, 0) is 47.0 Å². The van der Waals surface area contributed by atoms with Crippen LogP contribution in [0.15, 0.2) is 54.6 Å². The first-order valence-electron chi connectivity index (χ1n) is 8.34. The smallest absolute Gasteiger partial charge is 0.161 e. The van der Waals surface area contributed by atoms with Crippen molar-refractivity contribution in [1.82, 2.24) is 0 Å². The number of methoxy groups -OCH3 is 1. The molecule has 0 saturated heterocycles. The molecule has 3 aromatic rings. The van der Waals surface area contributed by atoms with Crippen molar-refractivity contribution >= 4 is 12.2 Å². The number of hydrogen-bond donors (Lipinski definition) is 4.